The molecule has 10 nitrogen and oxygen atoms in total. The summed E-state index contributed by atoms with van der Waals surface area (Å²) in [6, 6.07) is 0. The van der Waals surface area contributed by atoms with E-state index in [-0.39, 0.29) is 26.1 Å². The molecule has 0 aliphatic carbocycles. The van der Waals surface area contributed by atoms with Crippen LogP contribution in [-0.2, 0) is 32.7 Å². The maximum absolute atomic E-state index is 12.7. The second kappa shape index (κ2) is 36.5. The molecular weight excluding hydrogens is 717 g/mol. The number of aliphatic hydroxyl groups excluding tert-OH is 1. The van der Waals surface area contributed by atoms with Crippen LogP contribution < -0.4 is 4.89 Å². The molecule has 3 atom stereocenters. The molecule has 0 aromatic rings. The highest BCUT2D eigenvalue weighted by atomic mass is 31.2. The van der Waals surface area contributed by atoms with Crippen molar-refractivity contribution in [3.8, 4) is 0 Å². The number of rotatable bonds is 39. The molecule has 0 rings (SSSR count). The maximum Gasteiger partial charge on any atom is 0.306 e. The third-order valence-corrected chi connectivity index (χ3v) is 10.2. The van der Waals surface area contributed by atoms with Crippen LogP contribution in [0.15, 0.2) is 36.5 Å². The Bertz CT molecular complexity index is 1060. The number of quaternary nitrogens is 1. The molecule has 55 heavy (non-hydrogen) atoms. The molecule has 0 aromatic carbocycles. The van der Waals surface area contributed by atoms with Crippen molar-refractivity contribution in [3.05, 3.63) is 36.5 Å². The van der Waals surface area contributed by atoms with Crippen LogP contribution in [0.2, 0.25) is 0 Å². The highest BCUT2D eigenvalue weighted by Crippen LogP contribution is 2.38. The van der Waals surface area contributed by atoms with Crippen molar-refractivity contribution in [2.75, 3.05) is 47.5 Å². The van der Waals surface area contributed by atoms with Crippen LogP contribution in [0, 0.1) is 0 Å². The van der Waals surface area contributed by atoms with E-state index in [1.807, 2.05) is 33.3 Å². The Morgan fingerprint density at radius 3 is 1.75 bits per heavy atom. The van der Waals surface area contributed by atoms with Crippen molar-refractivity contribution >= 4 is 19.8 Å². The van der Waals surface area contributed by atoms with Gasteiger partial charge in [0.05, 0.1) is 33.9 Å². The summed E-state index contributed by atoms with van der Waals surface area (Å²) in [7, 11) is 1.10. The first-order valence-electron chi connectivity index (χ1n) is 21.8. The summed E-state index contributed by atoms with van der Waals surface area (Å²) in [5, 5.41) is 10.1. The number of nitrogens with zero attached hydrogens (tertiary/aromatic N) is 1. The topological polar surface area (TPSA) is 131 Å². The lowest BCUT2D eigenvalue weighted by Gasteiger charge is -2.28. The summed E-state index contributed by atoms with van der Waals surface area (Å²) in [6.45, 7) is 3.98. The molecule has 0 spiro atoms. The third kappa shape index (κ3) is 40.2. The average Bonchev–Trinajstić information content (AvgIpc) is 3.12. The average molecular weight is 800 g/mol. The van der Waals surface area contributed by atoms with Gasteiger partial charge in [0.2, 0.25) is 0 Å². The number of unbranched alkanes of at least 4 members (excludes halogenated alkanes) is 18. The molecule has 0 fully saturated rings. The summed E-state index contributed by atoms with van der Waals surface area (Å²) in [4.78, 5) is 37.5. The minimum absolute atomic E-state index is 0.0484. The van der Waals surface area contributed by atoms with Crippen LogP contribution in [0.1, 0.15) is 174 Å². The smallest absolute Gasteiger partial charge is 0.306 e. The van der Waals surface area contributed by atoms with Crippen LogP contribution in [0.25, 0.3) is 0 Å². The molecule has 11 heteroatoms. The predicted molar refractivity (Wildman–Crippen MR) is 223 cm³/mol. The number of carbonyl (C=O) groups is 2. The number of ether oxygens (including phenoxy) is 2. The van der Waals surface area contributed by atoms with E-state index in [9.17, 15) is 24.2 Å². The number of aliphatic hydroxyl groups is 1. The Kier molecular flexibility index (Phi) is 35.3. The van der Waals surface area contributed by atoms with Gasteiger partial charge in [-0.1, -0.05) is 166 Å². The maximum atomic E-state index is 12.7. The summed E-state index contributed by atoms with van der Waals surface area (Å²) in [5.41, 5.74) is 0. The molecule has 0 saturated heterocycles. The molecule has 322 valence electrons. The van der Waals surface area contributed by atoms with Gasteiger partial charge in [0.25, 0.3) is 7.82 Å². The monoisotopic (exact) mass is 800 g/mol. The molecule has 0 aromatic heterocycles. The molecule has 0 amide bonds. The molecule has 0 radical (unpaired) electrons. The van der Waals surface area contributed by atoms with Crippen molar-refractivity contribution < 1.29 is 47.2 Å². The lowest BCUT2D eigenvalue weighted by atomic mass is 10.0. The number of likely N-dealkylation sites (N-methyl/N-ethyl adjacent to an activating group) is 1. The largest absolute Gasteiger partial charge is 0.756 e. The van der Waals surface area contributed by atoms with Crippen molar-refractivity contribution in [1.29, 1.82) is 0 Å². The van der Waals surface area contributed by atoms with Crippen molar-refractivity contribution in [3.63, 3.8) is 0 Å². The fourth-order valence-corrected chi connectivity index (χ4v) is 6.57. The number of phosphoric ester groups is 1. The molecule has 0 heterocycles. The first kappa shape index (κ1) is 53.2. The van der Waals surface area contributed by atoms with Crippen LogP contribution in [0.4, 0.5) is 0 Å². The van der Waals surface area contributed by atoms with Crippen molar-refractivity contribution in [2.24, 2.45) is 0 Å². The molecule has 0 bridgehead atoms. The predicted octanol–water partition coefficient (Wildman–Crippen LogP) is 10.5. The fourth-order valence-electron chi connectivity index (χ4n) is 5.84. The first-order valence-corrected chi connectivity index (χ1v) is 23.3. The van der Waals surface area contributed by atoms with E-state index in [0.29, 0.717) is 23.9 Å². The SMILES string of the molecule is CC/C=C/C/C=C/C=C/C(O)CCCCCCCC(=O)O[C@H](COC(=O)CCCCCCCCCCCCCCCCC)COP(=O)([O-])OCC[N+](C)(C)C. The highest BCUT2D eigenvalue weighted by molar-refractivity contribution is 7.45. The van der Waals surface area contributed by atoms with E-state index in [1.54, 1.807) is 6.08 Å². The Hall–Kier alpha value is -1.81. The van der Waals surface area contributed by atoms with E-state index in [0.717, 1.165) is 57.8 Å². The quantitative estimate of drug-likeness (QED) is 0.0161. The summed E-state index contributed by atoms with van der Waals surface area (Å²) in [5.74, 6) is -0.908. The molecule has 0 aliphatic heterocycles. The lowest BCUT2D eigenvalue weighted by Crippen LogP contribution is -2.37. The first-order chi connectivity index (χ1) is 26.4. The number of allylic oxidation sites excluding steroid dienone is 5. The van der Waals surface area contributed by atoms with E-state index >= 15 is 0 Å². The zero-order valence-electron chi connectivity index (χ0n) is 35.7. The zero-order chi connectivity index (χ0) is 40.9. The third-order valence-electron chi connectivity index (χ3n) is 9.28. The van der Waals surface area contributed by atoms with E-state index in [4.69, 9.17) is 18.5 Å². The molecular formula is C44H82NO9P. The van der Waals surface area contributed by atoms with Crippen molar-refractivity contribution in [1.82, 2.24) is 0 Å². The highest BCUT2D eigenvalue weighted by Gasteiger charge is 2.21. The van der Waals surface area contributed by atoms with Crippen molar-refractivity contribution in [2.45, 2.75) is 187 Å². The van der Waals surface area contributed by atoms with Crippen LogP contribution in [-0.4, -0.2) is 81.2 Å². The summed E-state index contributed by atoms with van der Waals surface area (Å²) < 4.78 is 33.8. The fraction of sp³-hybridized carbons (Fsp3) is 0.818. The summed E-state index contributed by atoms with van der Waals surface area (Å²) in [6.07, 6.45) is 36.2. The summed E-state index contributed by atoms with van der Waals surface area (Å²) >= 11 is 0. The Morgan fingerprint density at radius 1 is 0.673 bits per heavy atom. The molecule has 1 N–H and O–H groups in total. The lowest BCUT2D eigenvalue weighted by molar-refractivity contribution is -0.870. The van der Waals surface area contributed by atoms with Gasteiger partial charge < -0.3 is 33.0 Å². The molecule has 0 saturated carbocycles. The Morgan fingerprint density at radius 2 is 1.20 bits per heavy atom. The number of hydrogen-bond donors (Lipinski definition) is 1. The number of hydrogen-bond acceptors (Lipinski definition) is 9. The molecule has 2 unspecified atom stereocenters. The van der Waals surface area contributed by atoms with Gasteiger partial charge in [-0.05, 0) is 32.1 Å². The number of phosphoric acid groups is 1. The van der Waals surface area contributed by atoms with Gasteiger partial charge in [0.1, 0.15) is 19.8 Å². The Labute approximate surface area is 336 Å². The molecule has 0 aliphatic rings. The van der Waals surface area contributed by atoms with E-state index < -0.39 is 38.6 Å². The van der Waals surface area contributed by atoms with Crippen LogP contribution in [0.3, 0.4) is 0 Å². The van der Waals surface area contributed by atoms with Crippen LogP contribution >= 0.6 is 7.82 Å². The van der Waals surface area contributed by atoms with Crippen LogP contribution in [0.5, 0.6) is 0 Å². The normalized spacial score (nSPS) is 14.5. The minimum atomic E-state index is -4.65. The van der Waals surface area contributed by atoms with E-state index in [1.165, 1.54) is 77.0 Å². The van der Waals surface area contributed by atoms with Gasteiger partial charge in [-0.3, -0.25) is 14.2 Å². The number of carbonyl (C=O) groups excluding carboxylic acids is 2. The minimum Gasteiger partial charge on any atom is -0.756 e. The van der Waals surface area contributed by atoms with Gasteiger partial charge in [-0.2, -0.15) is 0 Å². The van der Waals surface area contributed by atoms with Gasteiger partial charge in [-0.25, -0.2) is 0 Å². The number of esters is 2. The van der Waals surface area contributed by atoms with Gasteiger partial charge in [-0.15, -0.1) is 0 Å². The zero-order valence-corrected chi connectivity index (χ0v) is 36.6. The van der Waals surface area contributed by atoms with Gasteiger partial charge >= 0.3 is 11.9 Å². The second-order valence-corrected chi connectivity index (χ2v) is 17.3. The standard InChI is InChI=1S/C44H82NO9P/c1-6-8-10-12-14-15-16-17-18-19-20-21-23-27-31-35-43(47)51-39-42(40-53-55(49,50)52-38-37-45(3,4)5)54-44(48)36-32-28-24-26-30-34-41(46)33-29-25-22-13-11-9-7-2/h9,11,22,25,29,33,41-42,46H,6-8,10,12-21,23-24,26-28,30-32,34-40H2,1-5H3/b11-9+,25-22+,33-29+/t41?,42-/m1/s1. The second-order valence-electron chi connectivity index (χ2n) is 15.9. The van der Waals surface area contributed by atoms with E-state index in [2.05, 4.69) is 32.1 Å². The van der Waals surface area contributed by atoms with Gasteiger partial charge in [0, 0.05) is 12.8 Å². The van der Waals surface area contributed by atoms with Gasteiger partial charge in [0.15, 0.2) is 6.10 Å². The Balaban J connectivity index is 4.44.